The van der Waals surface area contributed by atoms with E-state index >= 15 is 0 Å². The van der Waals surface area contributed by atoms with Gasteiger partial charge in [0, 0.05) is 48.6 Å². The van der Waals surface area contributed by atoms with Crippen molar-refractivity contribution in [3.63, 3.8) is 0 Å². The molecule has 1 aromatic heterocycles. The summed E-state index contributed by atoms with van der Waals surface area (Å²) in [5.74, 6) is -0.109. The third kappa shape index (κ3) is 5.02. The number of carbonyl (C=O) groups excluding carboxylic acids is 2. The predicted molar refractivity (Wildman–Crippen MR) is 123 cm³/mol. The first-order valence-corrected chi connectivity index (χ1v) is 10.8. The Morgan fingerprint density at radius 3 is 2.25 bits per heavy atom. The maximum atomic E-state index is 13.3. The molecule has 5 nitrogen and oxygen atoms in total. The topological polar surface area (TPSA) is 62.3 Å². The zero-order valence-corrected chi connectivity index (χ0v) is 18.3. The lowest BCUT2D eigenvalue weighted by molar-refractivity contribution is -0.114. The quantitative estimate of drug-likeness (QED) is 0.620. The lowest BCUT2D eigenvalue weighted by Gasteiger charge is -2.32. The number of rotatable bonds is 4. The van der Waals surface area contributed by atoms with Crippen molar-refractivity contribution >= 4 is 17.5 Å². The molecule has 3 aromatic rings. The van der Waals surface area contributed by atoms with Crippen molar-refractivity contribution in [2.75, 3.05) is 18.4 Å². The van der Waals surface area contributed by atoms with Gasteiger partial charge in [0.15, 0.2) is 0 Å². The van der Waals surface area contributed by atoms with Crippen LogP contribution in [0.3, 0.4) is 0 Å². The Kier molecular flexibility index (Phi) is 6.30. The first kappa shape index (κ1) is 21.7. The van der Waals surface area contributed by atoms with Crippen molar-refractivity contribution in [3.8, 4) is 11.1 Å². The Labute approximate surface area is 187 Å². The Bertz CT molecular complexity index is 1120. The van der Waals surface area contributed by atoms with Gasteiger partial charge in [-0.15, -0.1) is 0 Å². The fourth-order valence-corrected chi connectivity index (χ4v) is 4.17. The number of carbonyl (C=O) groups is 2. The monoisotopic (exact) mass is 431 g/mol. The van der Waals surface area contributed by atoms with Crippen LogP contribution in [0.1, 0.15) is 47.4 Å². The third-order valence-electron chi connectivity index (χ3n) is 5.80. The molecule has 0 spiro atoms. The average Bonchev–Trinajstić information content (AvgIpc) is 2.79. The van der Waals surface area contributed by atoms with E-state index in [9.17, 15) is 14.0 Å². The van der Waals surface area contributed by atoms with E-state index in [1.165, 1.54) is 19.1 Å². The number of hydrogen-bond acceptors (Lipinski definition) is 3. The van der Waals surface area contributed by atoms with Crippen LogP contribution in [0.2, 0.25) is 0 Å². The molecule has 0 aliphatic carbocycles. The lowest BCUT2D eigenvalue weighted by Crippen LogP contribution is -2.38. The molecule has 2 amide bonds. The number of nitrogens with one attached hydrogen (secondary N) is 1. The van der Waals surface area contributed by atoms with Gasteiger partial charge in [0.05, 0.1) is 0 Å². The summed E-state index contributed by atoms with van der Waals surface area (Å²) in [5, 5.41) is 2.71. The molecule has 1 fully saturated rings. The number of anilines is 1. The number of likely N-dealkylation sites (tertiary alicyclic amines) is 1. The van der Waals surface area contributed by atoms with E-state index in [1.54, 1.807) is 36.4 Å². The van der Waals surface area contributed by atoms with Crippen LogP contribution in [-0.2, 0) is 4.79 Å². The highest BCUT2D eigenvalue weighted by Crippen LogP contribution is 2.31. The second-order valence-corrected chi connectivity index (χ2v) is 8.25. The molecule has 0 saturated carbocycles. The molecule has 0 bridgehead atoms. The second kappa shape index (κ2) is 9.30. The SMILES string of the molecule is CC(=O)Nc1ccc(C(=O)N2CCC(c3cc(-c4ccc(F)cc4)cc(C)n3)CC2)cc1. The molecule has 6 heteroatoms. The molecular weight excluding hydrogens is 405 g/mol. The summed E-state index contributed by atoms with van der Waals surface area (Å²) in [6, 6.07) is 17.6. The Balaban J connectivity index is 1.43. The molecule has 0 atom stereocenters. The van der Waals surface area contributed by atoms with Crippen LogP contribution in [0.5, 0.6) is 0 Å². The molecule has 1 aliphatic rings. The summed E-state index contributed by atoms with van der Waals surface area (Å²) < 4.78 is 13.3. The van der Waals surface area contributed by atoms with Crippen LogP contribution in [-0.4, -0.2) is 34.8 Å². The molecule has 1 saturated heterocycles. The van der Waals surface area contributed by atoms with Crippen LogP contribution in [0.4, 0.5) is 10.1 Å². The van der Waals surface area contributed by atoms with Crippen molar-refractivity contribution in [1.82, 2.24) is 9.88 Å². The number of hydrogen-bond donors (Lipinski definition) is 1. The first-order chi connectivity index (χ1) is 15.4. The first-order valence-electron chi connectivity index (χ1n) is 10.8. The zero-order chi connectivity index (χ0) is 22.7. The summed E-state index contributed by atoms with van der Waals surface area (Å²) in [7, 11) is 0. The second-order valence-electron chi connectivity index (χ2n) is 8.25. The highest BCUT2D eigenvalue weighted by atomic mass is 19.1. The van der Waals surface area contributed by atoms with Gasteiger partial charge >= 0.3 is 0 Å². The number of halogens is 1. The van der Waals surface area contributed by atoms with Gasteiger partial charge in [-0.25, -0.2) is 4.39 Å². The molecule has 1 aliphatic heterocycles. The van der Waals surface area contributed by atoms with Crippen molar-refractivity contribution < 1.29 is 14.0 Å². The van der Waals surface area contributed by atoms with Crippen LogP contribution in [0, 0.1) is 12.7 Å². The minimum absolute atomic E-state index is 0.00188. The van der Waals surface area contributed by atoms with Crippen LogP contribution >= 0.6 is 0 Å². The van der Waals surface area contributed by atoms with Crippen molar-refractivity contribution in [3.05, 3.63) is 83.4 Å². The molecule has 0 unspecified atom stereocenters. The third-order valence-corrected chi connectivity index (χ3v) is 5.80. The van der Waals surface area contributed by atoms with Gasteiger partial charge in [-0.2, -0.15) is 0 Å². The number of benzene rings is 2. The number of aromatic nitrogens is 1. The standard InChI is InChI=1S/C26H26FN3O2/c1-17-15-22(19-3-7-23(27)8-4-19)16-25(28-17)20-11-13-30(14-12-20)26(32)21-5-9-24(10-6-21)29-18(2)31/h3-10,15-16,20H,11-14H2,1-2H3,(H,29,31). The highest BCUT2D eigenvalue weighted by molar-refractivity contribution is 5.95. The average molecular weight is 432 g/mol. The number of piperidine rings is 1. The maximum absolute atomic E-state index is 13.3. The van der Waals surface area contributed by atoms with Crippen LogP contribution in [0.15, 0.2) is 60.7 Å². The number of nitrogens with zero attached hydrogens (tertiary/aromatic N) is 2. The lowest BCUT2D eigenvalue weighted by atomic mass is 9.91. The van der Waals surface area contributed by atoms with E-state index in [0.29, 0.717) is 24.3 Å². The van der Waals surface area contributed by atoms with Gasteiger partial charge in [0.25, 0.3) is 5.91 Å². The van der Waals surface area contributed by atoms with Gasteiger partial charge in [-0.05, 0) is 79.4 Å². The van der Waals surface area contributed by atoms with Crippen LogP contribution in [0.25, 0.3) is 11.1 Å². The Morgan fingerprint density at radius 1 is 0.969 bits per heavy atom. The smallest absolute Gasteiger partial charge is 0.253 e. The van der Waals surface area contributed by atoms with E-state index in [1.807, 2.05) is 17.9 Å². The minimum atomic E-state index is -0.249. The molecule has 2 aromatic carbocycles. The van der Waals surface area contributed by atoms with Crippen molar-refractivity contribution in [2.24, 2.45) is 0 Å². The summed E-state index contributed by atoms with van der Waals surface area (Å²) >= 11 is 0. The molecule has 1 N–H and O–H groups in total. The normalized spacial score (nSPS) is 14.3. The van der Waals surface area contributed by atoms with Gasteiger partial charge in [-0.3, -0.25) is 14.6 Å². The van der Waals surface area contributed by atoms with E-state index in [-0.39, 0.29) is 23.5 Å². The predicted octanol–water partition coefficient (Wildman–Crippen LogP) is 5.17. The van der Waals surface area contributed by atoms with Crippen molar-refractivity contribution in [2.45, 2.75) is 32.6 Å². The van der Waals surface area contributed by atoms with Gasteiger partial charge < -0.3 is 10.2 Å². The highest BCUT2D eigenvalue weighted by Gasteiger charge is 2.25. The maximum Gasteiger partial charge on any atom is 0.253 e. The van der Waals surface area contributed by atoms with Crippen LogP contribution < -0.4 is 5.32 Å². The molecule has 4 rings (SSSR count). The van der Waals surface area contributed by atoms with Gasteiger partial charge in [0.1, 0.15) is 5.82 Å². The Hall–Kier alpha value is -3.54. The molecular formula is C26H26FN3O2. The molecule has 164 valence electrons. The van der Waals surface area contributed by atoms with Gasteiger partial charge in [-0.1, -0.05) is 12.1 Å². The fourth-order valence-electron chi connectivity index (χ4n) is 4.17. The molecule has 32 heavy (non-hydrogen) atoms. The van der Waals surface area contributed by atoms with Crippen molar-refractivity contribution in [1.29, 1.82) is 0 Å². The number of amides is 2. The number of aryl methyl sites for hydroxylation is 1. The zero-order valence-electron chi connectivity index (χ0n) is 18.3. The van der Waals surface area contributed by atoms with E-state index in [2.05, 4.69) is 11.4 Å². The minimum Gasteiger partial charge on any atom is -0.339 e. The Morgan fingerprint density at radius 2 is 1.62 bits per heavy atom. The molecule has 2 heterocycles. The molecule has 0 radical (unpaired) electrons. The largest absolute Gasteiger partial charge is 0.339 e. The van der Waals surface area contributed by atoms with Gasteiger partial charge in [0.2, 0.25) is 5.91 Å². The van der Waals surface area contributed by atoms with E-state index in [0.717, 1.165) is 35.4 Å². The summed E-state index contributed by atoms with van der Waals surface area (Å²) in [6.45, 7) is 4.76. The van der Waals surface area contributed by atoms with E-state index < -0.39 is 0 Å². The summed E-state index contributed by atoms with van der Waals surface area (Å²) in [4.78, 5) is 30.7. The number of pyridine rings is 1. The van der Waals surface area contributed by atoms with E-state index in [4.69, 9.17) is 4.98 Å². The summed E-state index contributed by atoms with van der Waals surface area (Å²) in [6.07, 6.45) is 1.68. The fraction of sp³-hybridized carbons (Fsp3) is 0.269. The summed E-state index contributed by atoms with van der Waals surface area (Å²) in [5.41, 5.74) is 5.24.